The molecule has 35 heavy (non-hydrogen) atoms. The van der Waals surface area contributed by atoms with Crippen molar-refractivity contribution >= 4 is 57.7 Å². The van der Waals surface area contributed by atoms with E-state index in [1.807, 2.05) is 6.92 Å². The van der Waals surface area contributed by atoms with Gasteiger partial charge < -0.3 is 20.3 Å². The fourth-order valence-corrected chi connectivity index (χ4v) is 5.50. The highest BCUT2D eigenvalue weighted by Gasteiger charge is 2.54. The van der Waals surface area contributed by atoms with E-state index in [2.05, 4.69) is 15.6 Å². The number of aliphatic hydroxyl groups is 1. The predicted octanol–water partition coefficient (Wildman–Crippen LogP) is 2.40. The molecule has 2 atom stereocenters. The van der Waals surface area contributed by atoms with Gasteiger partial charge in [-0.15, -0.1) is 23.1 Å². The lowest BCUT2D eigenvalue weighted by atomic mass is 10.0. The first-order valence-corrected chi connectivity index (χ1v) is 12.9. The average molecular weight is 525 g/mol. The lowest BCUT2D eigenvalue weighted by Gasteiger charge is -2.49. The van der Waals surface area contributed by atoms with Gasteiger partial charge >= 0.3 is 12.1 Å². The number of thioether (sulfide) groups is 1. The molecule has 1 fully saturated rings. The molecule has 0 radical (unpaired) electrons. The number of hydrogen-bond acceptors (Lipinski definition) is 9. The maximum atomic E-state index is 13.2. The normalized spacial score (nSPS) is 20.2. The van der Waals surface area contributed by atoms with Gasteiger partial charge in [-0.25, -0.2) is 14.6 Å². The third kappa shape index (κ3) is 6.03. The number of aliphatic hydroxyl groups excluding tert-OH is 1. The molecule has 4 N–H and O–H groups in total. The Kier molecular flexibility index (Phi) is 8.23. The molecular formula is C22H28N4O7S2. The molecule has 13 heteroatoms. The van der Waals surface area contributed by atoms with E-state index in [1.54, 1.807) is 32.2 Å². The third-order valence-corrected chi connectivity index (χ3v) is 7.09. The van der Waals surface area contributed by atoms with Gasteiger partial charge in [0.05, 0.1) is 17.9 Å². The van der Waals surface area contributed by atoms with E-state index < -0.39 is 47.5 Å². The Balaban J connectivity index is 1.74. The van der Waals surface area contributed by atoms with Gasteiger partial charge in [-0.05, 0) is 32.8 Å². The fraction of sp³-hybridized carbons (Fsp3) is 0.500. The van der Waals surface area contributed by atoms with Crippen LogP contribution in [0.5, 0.6) is 0 Å². The van der Waals surface area contributed by atoms with Gasteiger partial charge in [-0.1, -0.05) is 19.4 Å². The van der Waals surface area contributed by atoms with Crippen molar-refractivity contribution in [3.63, 3.8) is 0 Å². The summed E-state index contributed by atoms with van der Waals surface area (Å²) in [6.45, 7) is 6.71. The van der Waals surface area contributed by atoms with Crippen molar-refractivity contribution in [3.8, 4) is 0 Å². The molecule has 0 saturated carbocycles. The molecule has 190 valence electrons. The lowest BCUT2D eigenvalue weighted by molar-refractivity contribution is -0.150. The lowest BCUT2D eigenvalue weighted by Crippen LogP contribution is -2.70. The van der Waals surface area contributed by atoms with Crippen molar-refractivity contribution in [3.05, 3.63) is 28.4 Å². The molecule has 1 aromatic heterocycles. The molecule has 11 nitrogen and oxygen atoms in total. The largest absolute Gasteiger partial charge is 0.477 e. The molecule has 0 spiro atoms. The summed E-state index contributed by atoms with van der Waals surface area (Å²) < 4.78 is 5.22. The summed E-state index contributed by atoms with van der Waals surface area (Å²) in [5, 5.41) is 25.5. The predicted molar refractivity (Wildman–Crippen MR) is 132 cm³/mol. The van der Waals surface area contributed by atoms with Crippen molar-refractivity contribution in [1.82, 2.24) is 15.2 Å². The van der Waals surface area contributed by atoms with Crippen molar-refractivity contribution in [1.29, 1.82) is 0 Å². The Hall–Kier alpha value is -2.90. The topological polar surface area (TPSA) is 158 Å². The van der Waals surface area contributed by atoms with Crippen LogP contribution in [0.3, 0.4) is 0 Å². The number of aromatic nitrogens is 1. The molecule has 2 aliphatic heterocycles. The van der Waals surface area contributed by atoms with E-state index in [9.17, 15) is 29.4 Å². The van der Waals surface area contributed by atoms with Gasteiger partial charge in [0, 0.05) is 11.1 Å². The zero-order valence-electron chi connectivity index (χ0n) is 19.8. The summed E-state index contributed by atoms with van der Waals surface area (Å²) in [4.78, 5) is 55.0. The number of rotatable bonds is 8. The van der Waals surface area contributed by atoms with Crippen LogP contribution in [-0.2, 0) is 19.1 Å². The van der Waals surface area contributed by atoms with E-state index in [-0.39, 0.29) is 27.7 Å². The number of nitrogens with one attached hydrogen (secondary N) is 2. The second-order valence-electron chi connectivity index (χ2n) is 8.85. The van der Waals surface area contributed by atoms with Gasteiger partial charge in [0.1, 0.15) is 22.7 Å². The third-order valence-electron chi connectivity index (χ3n) is 5.00. The Bertz CT molecular complexity index is 1090. The summed E-state index contributed by atoms with van der Waals surface area (Å²) >= 11 is 2.40. The Morgan fingerprint density at radius 3 is 2.66 bits per heavy atom. The zero-order valence-corrected chi connectivity index (χ0v) is 21.4. The number of carbonyl (C=O) groups is 4. The molecular weight excluding hydrogens is 496 g/mol. The Morgan fingerprint density at radius 2 is 2.06 bits per heavy atom. The summed E-state index contributed by atoms with van der Waals surface area (Å²) in [6, 6.07) is -0.912. The van der Waals surface area contributed by atoms with Gasteiger partial charge in [0.15, 0.2) is 5.13 Å². The van der Waals surface area contributed by atoms with Gasteiger partial charge in [0.25, 0.3) is 11.8 Å². The van der Waals surface area contributed by atoms with E-state index >= 15 is 0 Å². The standard InChI is InChI=1S/C22H28N4O7S2/c1-5-6-7-12(13-10-35-20(23-13)25-21(32)33-22(2,3)4)16(28)24-14-17(29)26-15(19(30)31)11(8-27)9-34-18(14)26/h7,10,14,18,27H,5-6,8-9H2,1-4H3,(H,24,28)(H,30,31)(H,23,25,32)/t14-,18+/m1/s1. The number of thiazole rings is 1. The summed E-state index contributed by atoms with van der Waals surface area (Å²) in [6.07, 6.45) is 2.41. The van der Waals surface area contributed by atoms with Crippen LogP contribution in [0.1, 0.15) is 46.2 Å². The quantitative estimate of drug-likeness (QED) is 0.296. The number of β-lactam (4-membered cyclic amide) rings is 1. The van der Waals surface area contributed by atoms with Gasteiger partial charge in [0.2, 0.25) is 0 Å². The summed E-state index contributed by atoms with van der Waals surface area (Å²) in [5.74, 6) is -2.14. The number of fused-ring (bicyclic) bond motifs is 1. The van der Waals surface area contributed by atoms with Crippen LogP contribution in [-0.4, -0.2) is 73.4 Å². The first kappa shape index (κ1) is 26.7. The molecule has 2 aliphatic rings. The number of carbonyl (C=O) groups excluding carboxylic acids is 3. The molecule has 3 heterocycles. The molecule has 1 aromatic rings. The fourth-order valence-electron chi connectivity index (χ4n) is 3.47. The minimum atomic E-state index is -1.30. The molecule has 0 bridgehead atoms. The highest BCUT2D eigenvalue weighted by molar-refractivity contribution is 8.00. The second kappa shape index (κ2) is 10.8. The first-order chi connectivity index (χ1) is 16.5. The number of amides is 3. The second-order valence-corrected chi connectivity index (χ2v) is 10.8. The number of carboxylic acid groups (broad SMARTS) is 1. The highest BCUT2D eigenvalue weighted by atomic mass is 32.2. The maximum absolute atomic E-state index is 13.2. The van der Waals surface area contributed by atoms with E-state index in [1.165, 1.54) is 11.8 Å². The maximum Gasteiger partial charge on any atom is 0.413 e. The number of aliphatic carboxylic acids is 1. The minimum absolute atomic E-state index is 0.231. The average Bonchev–Trinajstić information content (AvgIpc) is 3.22. The Morgan fingerprint density at radius 1 is 1.34 bits per heavy atom. The monoisotopic (exact) mass is 524 g/mol. The van der Waals surface area contributed by atoms with Crippen LogP contribution in [0.25, 0.3) is 5.57 Å². The molecule has 0 unspecified atom stereocenters. The van der Waals surface area contributed by atoms with Crippen LogP contribution in [0.4, 0.5) is 9.93 Å². The molecule has 0 aromatic carbocycles. The van der Waals surface area contributed by atoms with Gasteiger partial charge in [-0.2, -0.15) is 0 Å². The highest BCUT2D eigenvalue weighted by Crippen LogP contribution is 2.40. The van der Waals surface area contributed by atoms with Crippen molar-refractivity contribution in [2.45, 2.75) is 57.6 Å². The molecule has 3 rings (SSSR count). The van der Waals surface area contributed by atoms with Crippen molar-refractivity contribution in [2.75, 3.05) is 17.7 Å². The number of hydrogen-bond donors (Lipinski definition) is 4. The van der Waals surface area contributed by atoms with Crippen LogP contribution >= 0.6 is 23.1 Å². The van der Waals surface area contributed by atoms with E-state index in [4.69, 9.17) is 4.74 Å². The summed E-state index contributed by atoms with van der Waals surface area (Å²) in [5.41, 5.74) is -0.0682. The minimum Gasteiger partial charge on any atom is -0.477 e. The number of anilines is 1. The summed E-state index contributed by atoms with van der Waals surface area (Å²) in [7, 11) is 0. The SMILES string of the molecule is CCCC=C(C(=O)N[C@@H]1C(=O)N2C(C(=O)O)=C(CO)CS[C@@H]12)c1csc(NC(=O)OC(C)(C)C)n1. The van der Waals surface area contributed by atoms with Crippen LogP contribution in [0.2, 0.25) is 0 Å². The number of allylic oxidation sites excluding steroid dienone is 1. The van der Waals surface area contributed by atoms with E-state index in [0.717, 1.165) is 22.7 Å². The zero-order chi connectivity index (χ0) is 25.9. The first-order valence-electron chi connectivity index (χ1n) is 10.9. The molecule has 1 saturated heterocycles. The van der Waals surface area contributed by atoms with Crippen molar-refractivity contribution < 1.29 is 34.1 Å². The van der Waals surface area contributed by atoms with E-state index in [0.29, 0.717) is 12.1 Å². The number of carboxylic acids is 1. The number of ether oxygens (including phenoxy) is 1. The number of nitrogens with zero attached hydrogens (tertiary/aromatic N) is 2. The van der Waals surface area contributed by atoms with Crippen LogP contribution in [0.15, 0.2) is 22.7 Å². The van der Waals surface area contributed by atoms with Crippen molar-refractivity contribution in [2.24, 2.45) is 0 Å². The van der Waals surface area contributed by atoms with Gasteiger partial charge in [-0.3, -0.25) is 19.8 Å². The Labute approximate surface area is 210 Å². The van der Waals surface area contributed by atoms with Crippen LogP contribution < -0.4 is 10.6 Å². The molecule has 3 amide bonds. The number of unbranched alkanes of at least 4 members (excludes halogenated alkanes) is 1. The molecule has 0 aliphatic carbocycles. The van der Waals surface area contributed by atoms with Crippen LogP contribution in [0, 0.1) is 0 Å². The smallest absolute Gasteiger partial charge is 0.413 e.